The van der Waals surface area contributed by atoms with Crippen molar-refractivity contribution in [3.8, 4) is 0 Å². The van der Waals surface area contributed by atoms with Crippen LogP contribution in [0.5, 0.6) is 0 Å². The van der Waals surface area contributed by atoms with E-state index in [1.165, 1.54) is 5.56 Å². The first-order valence-electron chi connectivity index (χ1n) is 4.65. The molecule has 13 heavy (non-hydrogen) atoms. The van der Waals surface area contributed by atoms with E-state index < -0.39 is 0 Å². The van der Waals surface area contributed by atoms with E-state index in [2.05, 4.69) is 63.6 Å². The predicted molar refractivity (Wildman–Crippen MR) is 58.4 cm³/mol. The maximum atomic E-state index is 2.21. The van der Waals surface area contributed by atoms with Gasteiger partial charge in [0, 0.05) is 6.42 Å². The lowest BCUT2D eigenvalue weighted by Gasteiger charge is -2.10. The maximum Gasteiger partial charge on any atom is 0.0122 e. The number of allylic oxidation sites excluding steroid dienone is 2. The molecular weight excluding hydrogens is 156 g/mol. The topological polar surface area (TPSA) is 0 Å². The van der Waals surface area contributed by atoms with Gasteiger partial charge < -0.3 is 0 Å². The number of hydrogen-bond donors (Lipinski definition) is 0. The molecule has 0 heteroatoms. The molecule has 0 aliphatic rings. The second-order valence-corrected chi connectivity index (χ2v) is 4.30. The lowest BCUT2D eigenvalue weighted by Crippen LogP contribution is -1.98. The first-order valence-corrected chi connectivity index (χ1v) is 4.65. The summed E-state index contributed by atoms with van der Waals surface area (Å²) in [5, 5.41) is 0. The molecule has 0 spiro atoms. The minimum atomic E-state index is 0.269. The van der Waals surface area contributed by atoms with Crippen LogP contribution in [0.3, 0.4) is 0 Å². The molecule has 0 aliphatic carbocycles. The van der Waals surface area contributed by atoms with Crippen LogP contribution < -0.4 is 0 Å². The zero-order chi connectivity index (χ0) is 9.73. The minimum absolute atomic E-state index is 0.269. The molecule has 0 saturated heterocycles. The highest BCUT2D eigenvalue weighted by molar-refractivity contribution is 5.27. The summed E-state index contributed by atoms with van der Waals surface area (Å²) >= 11 is 0. The zero-order valence-corrected chi connectivity index (χ0v) is 8.62. The number of benzene rings is 1. The summed E-state index contributed by atoms with van der Waals surface area (Å²) in [5.74, 6) is 0. The van der Waals surface area contributed by atoms with Crippen molar-refractivity contribution in [1.82, 2.24) is 0 Å². The maximum absolute atomic E-state index is 2.21. The van der Waals surface area contributed by atoms with Crippen molar-refractivity contribution in [2.45, 2.75) is 20.8 Å². The van der Waals surface area contributed by atoms with Crippen molar-refractivity contribution >= 4 is 0 Å². The minimum Gasteiger partial charge on any atom is -0.0825 e. The van der Waals surface area contributed by atoms with Crippen molar-refractivity contribution in [3.05, 3.63) is 54.5 Å². The van der Waals surface area contributed by atoms with E-state index >= 15 is 0 Å². The quantitative estimate of drug-likeness (QED) is 0.637. The van der Waals surface area contributed by atoms with Gasteiger partial charge in [-0.05, 0) is 11.0 Å². The van der Waals surface area contributed by atoms with Crippen LogP contribution in [0.2, 0.25) is 0 Å². The van der Waals surface area contributed by atoms with Gasteiger partial charge in [0.25, 0.3) is 0 Å². The van der Waals surface area contributed by atoms with Gasteiger partial charge in [-0.15, -0.1) is 0 Å². The van der Waals surface area contributed by atoms with E-state index in [9.17, 15) is 0 Å². The van der Waals surface area contributed by atoms with Crippen LogP contribution in [-0.2, 0) is 0 Å². The third kappa shape index (κ3) is 4.51. The highest BCUT2D eigenvalue weighted by Crippen LogP contribution is 2.15. The second-order valence-electron chi connectivity index (χ2n) is 4.30. The lowest BCUT2D eigenvalue weighted by molar-refractivity contribution is 0.544. The van der Waals surface area contributed by atoms with Gasteiger partial charge in [0.2, 0.25) is 0 Å². The molecule has 0 nitrogen and oxygen atoms in total. The molecule has 0 bridgehead atoms. The van der Waals surface area contributed by atoms with Crippen molar-refractivity contribution in [2.75, 3.05) is 0 Å². The van der Waals surface area contributed by atoms with Crippen LogP contribution in [0.15, 0.2) is 42.5 Å². The van der Waals surface area contributed by atoms with Crippen LogP contribution in [0.1, 0.15) is 26.3 Å². The average molecular weight is 173 g/mol. The second kappa shape index (κ2) is 4.27. The Hall–Kier alpha value is -1.04. The molecule has 0 fully saturated rings. The number of rotatable bonds is 2. The summed E-state index contributed by atoms with van der Waals surface area (Å²) in [6, 6.07) is 10.3. The Morgan fingerprint density at radius 2 is 1.62 bits per heavy atom. The first-order chi connectivity index (χ1) is 6.08. The molecule has 1 rings (SSSR count). The van der Waals surface area contributed by atoms with Gasteiger partial charge in [0.05, 0.1) is 0 Å². The molecular formula is C13H17. The smallest absolute Gasteiger partial charge is 0.0122 e. The van der Waals surface area contributed by atoms with E-state index in [-0.39, 0.29) is 5.41 Å². The van der Waals surface area contributed by atoms with Crippen LogP contribution in [0, 0.1) is 11.8 Å². The third-order valence-electron chi connectivity index (χ3n) is 1.68. The van der Waals surface area contributed by atoms with Gasteiger partial charge in [0.1, 0.15) is 0 Å². The Kier molecular flexibility index (Phi) is 3.30. The molecule has 69 valence electrons. The molecule has 0 aliphatic heterocycles. The van der Waals surface area contributed by atoms with Crippen LogP contribution >= 0.6 is 0 Å². The molecule has 1 aromatic carbocycles. The standard InChI is InChI=1S/C13H17/c1-13(2,3)11-7-10-12-8-5-4-6-9-12/h4-11H,1-3H3. The Balaban J connectivity index is 2.49. The monoisotopic (exact) mass is 173 g/mol. The lowest BCUT2D eigenvalue weighted by atomic mass is 9.95. The summed E-state index contributed by atoms with van der Waals surface area (Å²) in [6.45, 7) is 6.59. The highest BCUT2D eigenvalue weighted by Gasteiger charge is 2.02. The third-order valence-corrected chi connectivity index (χ3v) is 1.68. The van der Waals surface area contributed by atoms with E-state index in [0.29, 0.717) is 0 Å². The highest BCUT2D eigenvalue weighted by atomic mass is 14.1. The molecule has 0 unspecified atom stereocenters. The largest absolute Gasteiger partial charge is 0.0825 e. The summed E-state index contributed by atoms with van der Waals surface area (Å²) < 4.78 is 0. The van der Waals surface area contributed by atoms with E-state index in [1.807, 2.05) is 6.07 Å². The van der Waals surface area contributed by atoms with E-state index in [4.69, 9.17) is 0 Å². The predicted octanol–water partition coefficient (Wildman–Crippen LogP) is 3.84. The van der Waals surface area contributed by atoms with Crippen molar-refractivity contribution < 1.29 is 0 Å². The summed E-state index contributed by atoms with van der Waals surface area (Å²) in [5.41, 5.74) is 1.52. The van der Waals surface area contributed by atoms with Gasteiger partial charge >= 0.3 is 0 Å². The Morgan fingerprint density at radius 3 is 2.15 bits per heavy atom. The van der Waals surface area contributed by atoms with E-state index in [1.54, 1.807) is 0 Å². The van der Waals surface area contributed by atoms with Crippen molar-refractivity contribution in [1.29, 1.82) is 0 Å². The van der Waals surface area contributed by atoms with Crippen LogP contribution in [0.4, 0.5) is 0 Å². The molecule has 0 amide bonds. The van der Waals surface area contributed by atoms with Crippen molar-refractivity contribution in [2.24, 2.45) is 5.41 Å². The molecule has 1 radical (unpaired) electrons. The summed E-state index contributed by atoms with van der Waals surface area (Å²) in [7, 11) is 0. The summed E-state index contributed by atoms with van der Waals surface area (Å²) in [4.78, 5) is 0. The first kappa shape index (κ1) is 10.0. The molecule has 1 aromatic rings. The average Bonchev–Trinajstić information content (AvgIpc) is 2.04. The van der Waals surface area contributed by atoms with Gasteiger partial charge in [-0.2, -0.15) is 0 Å². The molecule has 0 atom stereocenters. The zero-order valence-electron chi connectivity index (χ0n) is 8.62. The van der Waals surface area contributed by atoms with Gasteiger partial charge in [-0.3, -0.25) is 0 Å². The van der Waals surface area contributed by atoms with Crippen molar-refractivity contribution in [3.63, 3.8) is 0 Å². The van der Waals surface area contributed by atoms with Gasteiger partial charge in [-0.1, -0.05) is 63.3 Å². The molecule has 0 heterocycles. The van der Waals surface area contributed by atoms with Gasteiger partial charge in [-0.25, -0.2) is 0 Å². The molecule has 0 aromatic heterocycles. The Labute approximate surface area is 81.3 Å². The normalized spacial score (nSPS) is 12.2. The fraction of sp³-hybridized carbons (Fsp3) is 0.308. The van der Waals surface area contributed by atoms with Crippen LogP contribution in [-0.4, -0.2) is 0 Å². The number of hydrogen-bond acceptors (Lipinski definition) is 0. The summed E-state index contributed by atoms with van der Waals surface area (Å²) in [6.07, 6.45) is 6.46. The Bertz CT molecular complexity index is 262. The Morgan fingerprint density at radius 1 is 1.00 bits per heavy atom. The van der Waals surface area contributed by atoms with E-state index in [0.717, 1.165) is 0 Å². The molecule has 0 N–H and O–H groups in total. The SMILES string of the molecule is CC(C)(C)C=C[CH]c1ccccc1. The fourth-order valence-corrected chi connectivity index (χ4v) is 1.01. The van der Waals surface area contributed by atoms with Gasteiger partial charge in [0.15, 0.2) is 0 Å². The molecule has 0 saturated carbocycles. The van der Waals surface area contributed by atoms with Crippen LogP contribution in [0.25, 0.3) is 0 Å². The fourth-order valence-electron chi connectivity index (χ4n) is 1.01.